The third kappa shape index (κ3) is 3.77. The van der Waals surface area contributed by atoms with E-state index >= 15 is 0 Å². The van der Waals surface area contributed by atoms with E-state index in [4.69, 9.17) is 15.6 Å². The molecule has 0 saturated carbocycles. The summed E-state index contributed by atoms with van der Waals surface area (Å²) in [5.41, 5.74) is 8.36. The maximum atomic E-state index is 11.6. The van der Waals surface area contributed by atoms with Gasteiger partial charge in [-0.3, -0.25) is 14.4 Å². The van der Waals surface area contributed by atoms with E-state index < -0.39 is 10.8 Å². The van der Waals surface area contributed by atoms with Crippen LogP contribution in [0.15, 0.2) is 59.7 Å². The molecule has 28 heavy (non-hydrogen) atoms. The molecule has 1 fully saturated rings. The van der Waals surface area contributed by atoms with E-state index in [-0.39, 0.29) is 18.3 Å². The molecule has 0 amide bonds. The lowest BCUT2D eigenvalue weighted by molar-refractivity contribution is -0.154. The summed E-state index contributed by atoms with van der Waals surface area (Å²) in [5.74, 6) is 0.611. The summed E-state index contributed by atoms with van der Waals surface area (Å²) in [6, 6.07) is 7.46. The predicted molar refractivity (Wildman–Crippen MR) is 109 cm³/mol. The Hall–Kier alpha value is -2.39. The number of nitrogens with zero attached hydrogens (tertiary/aromatic N) is 3. The van der Waals surface area contributed by atoms with E-state index in [1.165, 1.54) is 0 Å². The van der Waals surface area contributed by atoms with Gasteiger partial charge in [-0.2, -0.15) is 5.06 Å². The molecule has 1 aliphatic heterocycles. The van der Waals surface area contributed by atoms with Gasteiger partial charge in [0.2, 0.25) is 0 Å². The van der Waals surface area contributed by atoms with Gasteiger partial charge in [0.05, 0.1) is 11.9 Å². The van der Waals surface area contributed by atoms with Crippen LogP contribution in [-0.4, -0.2) is 38.8 Å². The standard InChI is InChI=1S/C20H23N5O2S/c1-25-19(24-20(27-25)14-6-4-3-5-7-14)17-18(21)22-12-16(23-17)13-8-10-15(11-9-13)28(2)26/h3-6,8-12,14,19-20,24H,7H2,1-2H3,(H2,21,22). The molecule has 146 valence electrons. The number of hydrogen-bond donors (Lipinski definition) is 2. The van der Waals surface area contributed by atoms with Crippen molar-refractivity contribution in [3.8, 4) is 11.3 Å². The van der Waals surface area contributed by atoms with E-state index in [1.54, 1.807) is 17.5 Å². The Kier molecular flexibility index (Phi) is 5.36. The predicted octanol–water partition coefficient (Wildman–Crippen LogP) is 2.39. The van der Waals surface area contributed by atoms with Crippen LogP contribution in [0.1, 0.15) is 18.3 Å². The van der Waals surface area contributed by atoms with Crippen LogP contribution in [0.5, 0.6) is 0 Å². The Morgan fingerprint density at radius 2 is 2.07 bits per heavy atom. The minimum atomic E-state index is -1.01. The Labute approximate surface area is 166 Å². The summed E-state index contributed by atoms with van der Waals surface area (Å²) in [4.78, 5) is 15.9. The van der Waals surface area contributed by atoms with Crippen molar-refractivity contribution in [1.82, 2.24) is 20.3 Å². The van der Waals surface area contributed by atoms with Gasteiger partial charge in [-0.05, 0) is 18.6 Å². The lowest BCUT2D eigenvalue weighted by Gasteiger charge is -2.19. The molecule has 0 spiro atoms. The van der Waals surface area contributed by atoms with Crippen LogP contribution in [-0.2, 0) is 15.6 Å². The Morgan fingerprint density at radius 3 is 2.75 bits per heavy atom. The number of rotatable bonds is 4. The number of nitrogens with two attached hydrogens (primary N) is 1. The highest BCUT2D eigenvalue weighted by molar-refractivity contribution is 7.84. The van der Waals surface area contributed by atoms with Gasteiger partial charge in [0.1, 0.15) is 23.9 Å². The van der Waals surface area contributed by atoms with Crippen molar-refractivity contribution in [3.05, 3.63) is 60.5 Å². The van der Waals surface area contributed by atoms with Gasteiger partial charge in [0.25, 0.3) is 0 Å². The molecule has 2 heterocycles. The summed E-state index contributed by atoms with van der Waals surface area (Å²) in [5, 5.41) is 5.21. The second-order valence-corrected chi connectivity index (χ2v) is 8.24. The minimum Gasteiger partial charge on any atom is -0.382 e. The van der Waals surface area contributed by atoms with Crippen molar-refractivity contribution < 1.29 is 9.05 Å². The third-order valence-electron chi connectivity index (χ3n) is 4.94. The minimum absolute atomic E-state index is 0.153. The monoisotopic (exact) mass is 397 g/mol. The van der Waals surface area contributed by atoms with Crippen molar-refractivity contribution in [1.29, 1.82) is 0 Å². The van der Waals surface area contributed by atoms with E-state index in [1.807, 2.05) is 43.5 Å². The molecule has 2 aromatic rings. The van der Waals surface area contributed by atoms with Gasteiger partial charge in [0.15, 0.2) is 0 Å². The fourth-order valence-electron chi connectivity index (χ4n) is 3.38. The van der Waals surface area contributed by atoms with E-state index in [9.17, 15) is 4.21 Å². The number of nitrogens with one attached hydrogen (secondary N) is 1. The van der Waals surface area contributed by atoms with Crippen LogP contribution < -0.4 is 11.1 Å². The number of benzene rings is 1. The fourth-order valence-corrected chi connectivity index (χ4v) is 3.90. The van der Waals surface area contributed by atoms with Crippen LogP contribution in [0, 0.1) is 5.92 Å². The molecule has 1 aromatic heterocycles. The van der Waals surface area contributed by atoms with Gasteiger partial charge < -0.3 is 5.73 Å². The van der Waals surface area contributed by atoms with Crippen LogP contribution in [0.25, 0.3) is 11.3 Å². The van der Waals surface area contributed by atoms with Gasteiger partial charge in [0, 0.05) is 40.5 Å². The average molecular weight is 398 g/mol. The van der Waals surface area contributed by atoms with Crippen molar-refractivity contribution >= 4 is 16.6 Å². The first-order valence-corrected chi connectivity index (χ1v) is 10.6. The molecule has 4 rings (SSSR count). The Morgan fingerprint density at radius 1 is 1.29 bits per heavy atom. The zero-order chi connectivity index (χ0) is 19.7. The second-order valence-electron chi connectivity index (χ2n) is 6.86. The molecule has 1 saturated heterocycles. The molecular weight excluding hydrogens is 374 g/mol. The highest BCUT2D eigenvalue weighted by Crippen LogP contribution is 2.31. The quantitative estimate of drug-likeness (QED) is 0.818. The Balaban J connectivity index is 1.59. The normalized spacial score (nSPS) is 25.9. The van der Waals surface area contributed by atoms with E-state index in [2.05, 4.69) is 22.5 Å². The molecule has 0 bridgehead atoms. The molecule has 4 atom stereocenters. The summed E-state index contributed by atoms with van der Waals surface area (Å²) in [6.07, 6.45) is 12.1. The highest BCUT2D eigenvalue weighted by atomic mass is 32.2. The lowest BCUT2D eigenvalue weighted by Crippen LogP contribution is -2.33. The van der Waals surface area contributed by atoms with Crippen LogP contribution in [0.4, 0.5) is 5.82 Å². The lowest BCUT2D eigenvalue weighted by atomic mass is 9.99. The maximum Gasteiger partial charge on any atom is 0.148 e. The van der Waals surface area contributed by atoms with Crippen LogP contribution in [0.3, 0.4) is 0 Å². The van der Waals surface area contributed by atoms with Crippen molar-refractivity contribution in [2.75, 3.05) is 19.0 Å². The number of nitrogen functional groups attached to an aromatic ring is 1. The molecule has 3 N–H and O–H groups in total. The summed E-state index contributed by atoms with van der Waals surface area (Å²) >= 11 is 0. The zero-order valence-corrected chi connectivity index (χ0v) is 16.6. The number of aromatic nitrogens is 2. The SMILES string of the molecule is CN1OC(C2C=CC=CC2)NC1c1nc(-c2ccc(S(C)=O)cc2)cnc1N. The molecule has 0 radical (unpaired) electrons. The number of hydroxylamine groups is 2. The van der Waals surface area contributed by atoms with Crippen molar-refractivity contribution in [2.24, 2.45) is 5.92 Å². The van der Waals surface area contributed by atoms with E-state index in [0.717, 1.165) is 16.9 Å². The topological polar surface area (TPSA) is 93.4 Å². The molecule has 7 nitrogen and oxygen atoms in total. The number of allylic oxidation sites excluding steroid dienone is 3. The number of anilines is 1. The summed E-state index contributed by atoms with van der Waals surface area (Å²) in [7, 11) is 0.846. The maximum absolute atomic E-state index is 11.6. The molecule has 8 heteroatoms. The van der Waals surface area contributed by atoms with Gasteiger partial charge in [-0.15, -0.1) is 0 Å². The van der Waals surface area contributed by atoms with Crippen molar-refractivity contribution in [3.63, 3.8) is 0 Å². The average Bonchev–Trinajstić information content (AvgIpc) is 3.10. The number of hydrogen-bond acceptors (Lipinski definition) is 7. The Bertz CT molecular complexity index is 944. The molecule has 1 aromatic carbocycles. The summed E-state index contributed by atoms with van der Waals surface area (Å²) in [6.45, 7) is 0. The van der Waals surface area contributed by atoms with E-state index in [0.29, 0.717) is 17.2 Å². The van der Waals surface area contributed by atoms with Crippen LogP contribution in [0.2, 0.25) is 0 Å². The fraction of sp³-hybridized carbons (Fsp3) is 0.300. The third-order valence-corrected chi connectivity index (χ3v) is 5.87. The zero-order valence-electron chi connectivity index (χ0n) is 15.8. The first-order valence-electron chi connectivity index (χ1n) is 9.08. The highest BCUT2D eigenvalue weighted by Gasteiger charge is 2.37. The van der Waals surface area contributed by atoms with Gasteiger partial charge in [-0.25, -0.2) is 9.97 Å². The van der Waals surface area contributed by atoms with Crippen molar-refractivity contribution in [2.45, 2.75) is 23.7 Å². The second kappa shape index (κ2) is 7.92. The first-order chi connectivity index (χ1) is 13.5. The largest absolute Gasteiger partial charge is 0.382 e. The summed E-state index contributed by atoms with van der Waals surface area (Å²) < 4.78 is 11.6. The molecule has 4 unspecified atom stereocenters. The van der Waals surface area contributed by atoms with Crippen LogP contribution >= 0.6 is 0 Å². The molecule has 1 aliphatic carbocycles. The first kappa shape index (κ1) is 18.9. The van der Waals surface area contributed by atoms with Gasteiger partial charge in [-0.1, -0.05) is 36.4 Å². The smallest absolute Gasteiger partial charge is 0.148 e. The molecular formula is C20H23N5O2S. The molecule has 2 aliphatic rings. The van der Waals surface area contributed by atoms with Gasteiger partial charge >= 0.3 is 0 Å².